The average molecular weight is 418 g/mol. The molecule has 1 aliphatic heterocycles. The number of carbonyl (C=O) groups is 1. The van der Waals surface area contributed by atoms with Crippen molar-refractivity contribution in [3.05, 3.63) is 60.2 Å². The van der Waals surface area contributed by atoms with Crippen LogP contribution < -0.4 is 4.74 Å². The Labute approximate surface area is 172 Å². The second-order valence-electron chi connectivity index (χ2n) is 6.68. The summed E-state index contributed by atoms with van der Waals surface area (Å²) in [5.41, 5.74) is 0.666. The summed E-state index contributed by atoms with van der Waals surface area (Å²) in [5.74, 6) is -0.334. The van der Waals surface area contributed by atoms with Crippen molar-refractivity contribution in [2.75, 3.05) is 6.61 Å². The first-order valence-electron chi connectivity index (χ1n) is 9.12. The number of hydrogen-bond donors (Lipinski definition) is 5. The van der Waals surface area contributed by atoms with Crippen molar-refractivity contribution >= 4 is 12.0 Å². The van der Waals surface area contributed by atoms with Crippen molar-refractivity contribution in [3.8, 4) is 17.2 Å². The minimum absolute atomic E-state index is 0.0214. The van der Waals surface area contributed by atoms with Gasteiger partial charge in [0.1, 0.15) is 48.3 Å². The summed E-state index contributed by atoms with van der Waals surface area (Å²) in [4.78, 5) is 11.9. The SMILES string of the molecule is O=C(C=Cc1ccc(O)cc1)OCC1OC(Oc2ccc(O)cc2)C(O)C(O)C1O. The molecule has 1 heterocycles. The average Bonchev–Trinajstić information content (AvgIpc) is 2.74. The Balaban J connectivity index is 1.57. The second-order valence-corrected chi connectivity index (χ2v) is 6.68. The maximum atomic E-state index is 11.9. The first kappa shape index (κ1) is 21.6. The van der Waals surface area contributed by atoms with Gasteiger partial charge >= 0.3 is 5.97 Å². The Morgan fingerprint density at radius 1 is 0.900 bits per heavy atom. The number of aliphatic hydroxyl groups excluding tert-OH is 3. The van der Waals surface area contributed by atoms with Crippen LogP contribution in [0.2, 0.25) is 0 Å². The lowest BCUT2D eigenvalue weighted by atomic mass is 9.99. The molecule has 0 spiro atoms. The lowest BCUT2D eigenvalue weighted by molar-refractivity contribution is -0.278. The number of ether oxygens (including phenoxy) is 3. The van der Waals surface area contributed by atoms with Crippen molar-refractivity contribution in [1.29, 1.82) is 0 Å². The Morgan fingerprint density at radius 3 is 2.13 bits per heavy atom. The number of benzene rings is 2. The number of carbonyl (C=O) groups excluding carboxylic acids is 1. The van der Waals surface area contributed by atoms with E-state index in [0.717, 1.165) is 6.08 Å². The van der Waals surface area contributed by atoms with Crippen LogP contribution in [0.25, 0.3) is 6.08 Å². The van der Waals surface area contributed by atoms with Gasteiger partial charge in [-0.25, -0.2) is 4.79 Å². The van der Waals surface area contributed by atoms with Crippen LogP contribution in [0.15, 0.2) is 54.6 Å². The van der Waals surface area contributed by atoms with E-state index in [2.05, 4.69) is 0 Å². The number of rotatable bonds is 6. The Hall–Kier alpha value is -3.11. The van der Waals surface area contributed by atoms with Crippen LogP contribution >= 0.6 is 0 Å². The first-order chi connectivity index (χ1) is 14.3. The van der Waals surface area contributed by atoms with Crippen LogP contribution in [-0.4, -0.2) is 68.8 Å². The van der Waals surface area contributed by atoms with Crippen LogP contribution in [0.1, 0.15) is 5.56 Å². The molecule has 5 atom stereocenters. The molecule has 160 valence electrons. The highest BCUT2D eigenvalue weighted by Gasteiger charge is 2.45. The molecule has 0 bridgehead atoms. The van der Waals surface area contributed by atoms with Gasteiger partial charge in [0.2, 0.25) is 6.29 Å². The van der Waals surface area contributed by atoms with E-state index in [1.807, 2.05) is 0 Å². The molecule has 1 fully saturated rings. The van der Waals surface area contributed by atoms with Crippen molar-refractivity contribution in [1.82, 2.24) is 0 Å². The van der Waals surface area contributed by atoms with Crippen molar-refractivity contribution in [2.45, 2.75) is 30.7 Å². The molecule has 0 amide bonds. The molecule has 0 radical (unpaired) electrons. The fourth-order valence-corrected chi connectivity index (χ4v) is 2.77. The van der Waals surface area contributed by atoms with Crippen molar-refractivity contribution < 1.29 is 44.5 Å². The summed E-state index contributed by atoms with van der Waals surface area (Å²) in [7, 11) is 0. The number of phenolic OH excluding ortho intramolecular Hbond substituents is 2. The summed E-state index contributed by atoms with van der Waals surface area (Å²) in [5, 5.41) is 48.8. The van der Waals surface area contributed by atoms with Crippen molar-refractivity contribution in [2.24, 2.45) is 0 Å². The smallest absolute Gasteiger partial charge is 0.330 e. The summed E-state index contributed by atoms with van der Waals surface area (Å²) >= 11 is 0. The van der Waals surface area contributed by atoms with E-state index in [0.29, 0.717) is 5.56 Å². The normalized spacial score (nSPS) is 26.4. The molecule has 2 aromatic carbocycles. The topological polar surface area (TPSA) is 146 Å². The fraction of sp³-hybridized carbons (Fsp3) is 0.286. The molecule has 1 aliphatic rings. The number of phenols is 2. The predicted molar refractivity (Wildman–Crippen MR) is 104 cm³/mol. The second kappa shape index (κ2) is 9.59. The van der Waals surface area contributed by atoms with Crippen LogP contribution in [0.4, 0.5) is 0 Å². The zero-order chi connectivity index (χ0) is 21.7. The third kappa shape index (κ3) is 5.49. The maximum Gasteiger partial charge on any atom is 0.330 e. The molecule has 5 unspecified atom stereocenters. The quantitative estimate of drug-likeness (QED) is 0.335. The number of aliphatic hydroxyl groups is 3. The summed E-state index contributed by atoms with van der Waals surface area (Å²) in [6.07, 6.45) is -4.46. The molecule has 2 aromatic rings. The van der Waals surface area contributed by atoms with Crippen LogP contribution in [0.5, 0.6) is 17.2 Å². The van der Waals surface area contributed by atoms with Gasteiger partial charge in [-0.3, -0.25) is 0 Å². The third-order valence-corrected chi connectivity index (χ3v) is 4.45. The van der Waals surface area contributed by atoms with Gasteiger partial charge in [0, 0.05) is 6.08 Å². The Kier molecular flexibility index (Phi) is 6.91. The molecule has 5 N–H and O–H groups in total. The number of esters is 1. The molecule has 0 aliphatic carbocycles. The minimum Gasteiger partial charge on any atom is -0.508 e. The third-order valence-electron chi connectivity index (χ3n) is 4.45. The Morgan fingerprint density at radius 2 is 1.50 bits per heavy atom. The van der Waals surface area contributed by atoms with Gasteiger partial charge in [-0.05, 0) is 48.0 Å². The van der Waals surface area contributed by atoms with Gasteiger partial charge < -0.3 is 39.7 Å². The summed E-state index contributed by atoms with van der Waals surface area (Å²) < 4.78 is 16.0. The zero-order valence-electron chi connectivity index (χ0n) is 15.7. The van der Waals surface area contributed by atoms with E-state index in [9.17, 15) is 30.3 Å². The molecule has 30 heavy (non-hydrogen) atoms. The Bertz CT molecular complexity index is 863. The minimum atomic E-state index is -1.59. The molecule has 9 nitrogen and oxygen atoms in total. The van der Waals surface area contributed by atoms with E-state index in [4.69, 9.17) is 14.2 Å². The van der Waals surface area contributed by atoms with E-state index in [-0.39, 0.29) is 23.9 Å². The fourth-order valence-electron chi connectivity index (χ4n) is 2.77. The van der Waals surface area contributed by atoms with Crippen LogP contribution in [0.3, 0.4) is 0 Å². The summed E-state index contributed by atoms with van der Waals surface area (Å²) in [6.45, 7) is -0.390. The largest absolute Gasteiger partial charge is 0.508 e. The van der Waals surface area contributed by atoms with Crippen molar-refractivity contribution in [3.63, 3.8) is 0 Å². The molecular formula is C21H22O9. The highest BCUT2D eigenvalue weighted by Crippen LogP contribution is 2.25. The van der Waals surface area contributed by atoms with Crippen LogP contribution in [-0.2, 0) is 14.3 Å². The summed E-state index contributed by atoms with van der Waals surface area (Å²) in [6, 6.07) is 11.8. The van der Waals surface area contributed by atoms with E-state index in [1.165, 1.54) is 42.5 Å². The monoisotopic (exact) mass is 418 g/mol. The van der Waals surface area contributed by atoms with Gasteiger partial charge in [-0.15, -0.1) is 0 Å². The molecule has 0 saturated carbocycles. The van der Waals surface area contributed by atoms with Gasteiger partial charge in [-0.2, -0.15) is 0 Å². The maximum absolute atomic E-state index is 11.9. The van der Waals surface area contributed by atoms with Crippen LogP contribution in [0, 0.1) is 0 Å². The van der Waals surface area contributed by atoms with Gasteiger partial charge in [-0.1, -0.05) is 12.1 Å². The van der Waals surface area contributed by atoms with Gasteiger partial charge in [0.15, 0.2) is 0 Å². The lowest BCUT2D eigenvalue weighted by Gasteiger charge is -2.39. The molecular weight excluding hydrogens is 396 g/mol. The lowest BCUT2D eigenvalue weighted by Crippen LogP contribution is -2.60. The molecule has 9 heteroatoms. The van der Waals surface area contributed by atoms with Gasteiger partial charge in [0.05, 0.1) is 0 Å². The highest BCUT2D eigenvalue weighted by molar-refractivity contribution is 5.87. The number of hydrogen-bond acceptors (Lipinski definition) is 9. The van der Waals surface area contributed by atoms with Gasteiger partial charge in [0.25, 0.3) is 0 Å². The van der Waals surface area contributed by atoms with E-state index in [1.54, 1.807) is 12.1 Å². The highest BCUT2D eigenvalue weighted by atomic mass is 16.7. The number of aromatic hydroxyl groups is 2. The van der Waals surface area contributed by atoms with E-state index >= 15 is 0 Å². The molecule has 0 aromatic heterocycles. The molecule has 1 saturated heterocycles. The zero-order valence-corrected chi connectivity index (χ0v) is 15.7. The predicted octanol–water partition coefficient (Wildman–Crippen LogP) is 0.541. The molecule has 3 rings (SSSR count). The first-order valence-corrected chi connectivity index (χ1v) is 9.12. The van der Waals surface area contributed by atoms with E-state index < -0.39 is 36.7 Å². The standard InChI is InChI=1S/C21H22O9/c22-13-4-1-12(2-5-13)3-10-17(24)28-11-16-18(25)19(26)20(27)21(30-16)29-15-8-6-14(23)7-9-15/h1-10,16,18-23,25-27H,11H2.